The van der Waals surface area contributed by atoms with Gasteiger partial charge in [-0.1, -0.05) is 30.3 Å². The third-order valence-corrected chi connectivity index (χ3v) is 4.69. The maximum absolute atomic E-state index is 11.1. The van der Waals surface area contributed by atoms with Crippen molar-refractivity contribution in [2.24, 2.45) is 5.92 Å². The third kappa shape index (κ3) is 3.01. The van der Waals surface area contributed by atoms with E-state index in [-0.39, 0.29) is 5.69 Å². The molecule has 0 amide bonds. The van der Waals surface area contributed by atoms with Gasteiger partial charge in [-0.05, 0) is 50.0 Å². The van der Waals surface area contributed by atoms with Crippen LogP contribution in [0.2, 0.25) is 0 Å². The molecule has 4 heteroatoms. The summed E-state index contributed by atoms with van der Waals surface area (Å²) in [5.41, 5.74) is 3.13. The average molecular weight is 296 g/mol. The van der Waals surface area contributed by atoms with Crippen molar-refractivity contribution in [3.05, 3.63) is 59.2 Å². The molecule has 0 aliphatic heterocycles. The van der Waals surface area contributed by atoms with E-state index in [2.05, 4.69) is 40.3 Å². The molecule has 1 aliphatic carbocycles. The second kappa shape index (κ2) is 6.26. The summed E-state index contributed by atoms with van der Waals surface area (Å²) in [5.74, 6) is 0.425. The number of aromatic carboxylic acids is 1. The molecule has 4 nitrogen and oxygen atoms in total. The first-order valence-electron chi connectivity index (χ1n) is 7.74. The molecule has 1 aromatic heterocycles. The fraction of sp³-hybridized carbons (Fsp3) is 0.389. The van der Waals surface area contributed by atoms with E-state index < -0.39 is 5.97 Å². The lowest BCUT2D eigenvalue weighted by molar-refractivity contribution is 0.0689. The fourth-order valence-electron chi connectivity index (χ4n) is 3.26. The summed E-state index contributed by atoms with van der Waals surface area (Å²) in [7, 11) is 0. The highest BCUT2D eigenvalue weighted by molar-refractivity contribution is 5.87. The van der Waals surface area contributed by atoms with Gasteiger partial charge in [-0.25, -0.2) is 14.8 Å². The minimum absolute atomic E-state index is 0.126. The van der Waals surface area contributed by atoms with Crippen LogP contribution in [0.25, 0.3) is 0 Å². The van der Waals surface area contributed by atoms with E-state index in [1.54, 1.807) is 6.92 Å². The fourth-order valence-corrected chi connectivity index (χ4v) is 3.26. The summed E-state index contributed by atoms with van der Waals surface area (Å²) in [6, 6.07) is 10.7. The molecule has 1 saturated carbocycles. The number of benzene rings is 1. The molecule has 22 heavy (non-hydrogen) atoms. The van der Waals surface area contributed by atoms with Gasteiger partial charge in [0.1, 0.15) is 6.33 Å². The Kier molecular flexibility index (Phi) is 4.18. The molecule has 0 spiro atoms. The summed E-state index contributed by atoms with van der Waals surface area (Å²) in [4.78, 5) is 19.2. The molecule has 0 unspecified atom stereocenters. The molecule has 1 aliphatic rings. The normalized spacial score (nSPS) is 20.4. The molecule has 0 radical (unpaired) electrons. The molecule has 114 valence electrons. The van der Waals surface area contributed by atoms with E-state index in [1.807, 2.05) is 0 Å². The minimum atomic E-state index is -0.978. The number of nitrogens with zero attached hydrogens (tertiary/aromatic N) is 2. The van der Waals surface area contributed by atoms with Gasteiger partial charge < -0.3 is 5.11 Å². The highest BCUT2D eigenvalue weighted by Gasteiger charge is 2.30. The van der Waals surface area contributed by atoms with Gasteiger partial charge in [0.25, 0.3) is 0 Å². The topological polar surface area (TPSA) is 63.1 Å². The SMILES string of the molecule is Cc1c(CCC2CC(c3ccccc3)C2)ncnc1C(=O)O. The summed E-state index contributed by atoms with van der Waals surface area (Å²) >= 11 is 0. The predicted molar refractivity (Wildman–Crippen MR) is 84.0 cm³/mol. The Morgan fingerprint density at radius 1 is 1.23 bits per heavy atom. The van der Waals surface area contributed by atoms with Gasteiger partial charge in [0.15, 0.2) is 5.69 Å². The largest absolute Gasteiger partial charge is 0.477 e. The van der Waals surface area contributed by atoms with E-state index in [4.69, 9.17) is 5.11 Å². The maximum atomic E-state index is 11.1. The lowest BCUT2D eigenvalue weighted by Gasteiger charge is -2.36. The number of aromatic nitrogens is 2. The number of rotatable bonds is 5. The van der Waals surface area contributed by atoms with Gasteiger partial charge in [-0.15, -0.1) is 0 Å². The van der Waals surface area contributed by atoms with Gasteiger partial charge in [0.2, 0.25) is 0 Å². The van der Waals surface area contributed by atoms with Crippen molar-refractivity contribution in [3.63, 3.8) is 0 Å². The van der Waals surface area contributed by atoms with E-state index in [1.165, 1.54) is 24.7 Å². The van der Waals surface area contributed by atoms with Gasteiger partial charge in [-0.3, -0.25) is 0 Å². The van der Waals surface area contributed by atoms with Crippen LogP contribution in [0.1, 0.15) is 52.5 Å². The number of carboxylic acid groups (broad SMARTS) is 1. The first-order chi connectivity index (χ1) is 10.6. The second-order valence-electron chi connectivity index (χ2n) is 6.08. The van der Waals surface area contributed by atoms with Gasteiger partial charge in [0.05, 0.1) is 0 Å². The average Bonchev–Trinajstić information content (AvgIpc) is 2.48. The van der Waals surface area contributed by atoms with Crippen LogP contribution in [0.5, 0.6) is 0 Å². The Bertz CT molecular complexity index is 664. The monoisotopic (exact) mass is 296 g/mol. The lowest BCUT2D eigenvalue weighted by Crippen LogP contribution is -2.22. The van der Waals surface area contributed by atoms with Gasteiger partial charge >= 0.3 is 5.97 Å². The third-order valence-electron chi connectivity index (χ3n) is 4.69. The molecule has 0 atom stereocenters. The summed E-state index contributed by atoms with van der Waals surface area (Å²) in [5, 5.41) is 9.10. The first kappa shape index (κ1) is 14.7. The Balaban J connectivity index is 1.55. The summed E-state index contributed by atoms with van der Waals surface area (Å²) in [6.45, 7) is 1.80. The standard InChI is InChI=1S/C18H20N2O2/c1-12-16(19-11-20-17(12)18(21)22)8-7-13-9-15(10-13)14-5-3-2-4-6-14/h2-6,11,13,15H,7-10H2,1H3,(H,21,22). The second-order valence-corrected chi connectivity index (χ2v) is 6.08. The number of carbonyl (C=O) groups is 1. The lowest BCUT2D eigenvalue weighted by atomic mass is 9.69. The molecule has 0 saturated heterocycles. The van der Waals surface area contributed by atoms with E-state index >= 15 is 0 Å². The van der Waals surface area contributed by atoms with E-state index in [0.29, 0.717) is 17.4 Å². The molecule has 1 N–H and O–H groups in total. The van der Waals surface area contributed by atoms with Crippen molar-refractivity contribution >= 4 is 5.97 Å². The van der Waals surface area contributed by atoms with Crippen LogP contribution < -0.4 is 0 Å². The van der Waals surface area contributed by atoms with Crippen molar-refractivity contribution < 1.29 is 9.90 Å². The minimum Gasteiger partial charge on any atom is -0.477 e. The van der Waals surface area contributed by atoms with Crippen molar-refractivity contribution in [1.29, 1.82) is 0 Å². The van der Waals surface area contributed by atoms with Crippen LogP contribution in [-0.2, 0) is 6.42 Å². The smallest absolute Gasteiger partial charge is 0.354 e. The van der Waals surface area contributed by atoms with Crippen LogP contribution in [0, 0.1) is 12.8 Å². The Morgan fingerprint density at radius 3 is 2.64 bits per heavy atom. The highest BCUT2D eigenvalue weighted by atomic mass is 16.4. The molecule has 3 rings (SSSR count). The zero-order valence-corrected chi connectivity index (χ0v) is 12.7. The van der Waals surface area contributed by atoms with Crippen LogP contribution in [0.4, 0.5) is 0 Å². The number of hydrogen-bond donors (Lipinski definition) is 1. The predicted octanol–water partition coefficient (Wildman–Crippen LogP) is 3.61. The Labute approximate surface area is 130 Å². The highest BCUT2D eigenvalue weighted by Crippen LogP contribution is 2.43. The van der Waals surface area contributed by atoms with Crippen molar-refractivity contribution in [2.75, 3.05) is 0 Å². The molecule has 1 fully saturated rings. The molecule has 0 bridgehead atoms. The van der Waals surface area contributed by atoms with E-state index in [9.17, 15) is 4.79 Å². The van der Waals surface area contributed by atoms with Crippen LogP contribution in [0.15, 0.2) is 36.7 Å². The quantitative estimate of drug-likeness (QED) is 0.915. The molecular weight excluding hydrogens is 276 g/mol. The van der Waals surface area contributed by atoms with Gasteiger partial charge in [-0.2, -0.15) is 0 Å². The van der Waals surface area contributed by atoms with Crippen molar-refractivity contribution in [1.82, 2.24) is 9.97 Å². The van der Waals surface area contributed by atoms with E-state index in [0.717, 1.165) is 18.5 Å². The molecular formula is C18H20N2O2. The van der Waals surface area contributed by atoms with Crippen LogP contribution in [-0.4, -0.2) is 21.0 Å². The van der Waals surface area contributed by atoms with Crippen molar-refractivity contribution in [2.45, 2.75) is 38.5 Å². The maximum Gasteiger partial charge on any atom is 0.354 e. The Hall–Kier alpha value is -2.23. The zero-order valence-electron chi connectivity index (χ0n) is 12.7. The number of carboxylic acids is 1. The van der Waals surface area contributed by atoms with Crippen molar-refractivity contribution in [3.8, 4) is 0 Å². The number of aryl methyl sites for hydroxylation is 1. The molecule has 2 aromatic rings. The van der Waals surface area contributed by atoms with Crippen LogP contribution in [0.3, 0.4) is 0 Å². The summed E-state index contributed by atoms with van der Waals surface area (Å²) in [6.07, 6.45) is 5.71. The zero-order chi connectivity index (χ0) is 15.5. The van der Waals surface area contributed by atoms with Gasteiger partial charge in [0, 0.05) is 11.3 Å². The number of hydrogen-bond acceptors (Lipinski definition) is 3. The first-order valence-corrected chi connectivity index (χ1v) is 7.74. The summed E-state index contributed by atoms with van der Waals surface area (Å²) < 4.78 is 0. The molecule has 1 heterocycles. The molecule has 1 aromatic carbocycles. The van der Waals surface area contributed by atoms with Crippen LogP contribution >= 0.6 is 0 Å². The Morgan fingerprint density at radius 2 is 1.95 bits per heavy atom.